The smallest absolute Gasteiger partial charge is 0.410 e. The fourth-order valence-electron chi connectivity index (χ4n) is 4.31. The molecule has 0 saturated carbocycles. The molecule has 0 aromatic carbocycles. The molecule has 31 heavy (non-hydrogen) atoms. The Morgan fingerprint density at radius 3 is 2.52 bits per heavy atom. The highest BCUT2D eigenvalue weighted by Gasteiger charge is 2.45. The first kappa shape index (κ1) is 21.3. The predicted molar refractivity (Wildman–Crippen MR) is 114 cm³/mol. The molecular weight excluding hydrogens is 396 g/mol. The Bertz CT molecular complexity index is 922. The first-order chi connectivity index (χ1) is 14.9. The van der Waals surface area contributed by atoms with E-state index in [1.165, 1.54) is 6.33 Å². The number of aryl methyl sites for hydroxylation is 1. The SMILES string of the molecule is Cc1ncccc1Oc1ncnc(OC2CC3CC[C@@H](C2)N3C(=O)OCC(C)C)c1C. The Labute approximate surface area is 183 Å². The molecule has 2 aromatic rings. The number of hydrogen-bond donors (Lipinski definition) is 0. The molecule has 2 aliphatic heterocycles. The second kappa shape index (κ2) is 9.08. The lowest BCUT2D eigenvalue weighted by Crippen LogP contribution is -2.49. The number of aromatic nitrogens is 3. The summed E-state index contributed by atoms with van der Waals surface area (Å²) >= 11 is 0. The first-order valence-corrected chi connectivity index (χ1v) is 10.9. The lowest BCUT2D eigenvalue weighted by molar-refractivity contribution is 0.0278. The van der Waals surface area contributed by atoms with Crippen LogP contribution >= 0.6 is 0 Å². The van der Waals surface area contributed by atoms with Crippen molar-refractivity contribution < 1.29 is 19.0 Å². The summed E-state index contributed by atoms with van der Waals surface area (Å²) in [7, 11) is 0. The third-order valence-electron chi connectivity index (χ3n) is 5.88. The summed E-state index contributed by atoms with van der Waals surface area (Å²) < 4.78 is 17.7. The first-order valence-electron chi connectivity index (χ1n) is 10.9. The molecule has 2 saturated heterocycles. The van der Waals surface area contributed by atoms with Crippen molar-refractivity contribution in [3.05, 3.63) is 35.9 Å². The van der Waals surface area contributed by atoms with E-state index in [1.807, 2.05) is 44.7 Å². The Kier molecular flexibility index (Phi) is 6.25. The molecular formula is C23H30N4O4. The molecule has 2 unspecified atom stereocenters. The minimum atomic E-state index is -0.194. The molecule has 3 atom stereocenters. The molecule has 4 rings (SSSR count). The van der Waals surface area contributed by atoms with Crippen molar-refractivity contribution in [2.75, 3.05) is 6.61 Å². The second-order valence-electron chi connectivity index (χ2n) is 8.77. The summed E-state index contributed by atoms with van der Waals surface area (Å²) in [5.74, 6) is 1.96. The zero-order chi connectivity index (χ0) is 22.0. The maximum Gasteiger partial charge on any atom is 0.410 e. The fourth-order valence-corrected chi connectivity index (χ4v) is 4.31. The number of pyridine rings is 1. The van der Waals surface area contributed by atoms with Gasteiger partial charge >= 0.3 is 6.09 Å². The van der Waals surface area contributed by atoms with E-state index in [9.17, 15) is 4.79 Å². The zero-order valence-electron chi connectivity index (χ0n) is 18.6. The highest BCUT2D eigenvalue weighted by atomic mass is 16.6. The molecule has 4 heterocycles. The van der Waals surface area contributed by atoms with Gasteiger partial charge in [-0.2, -0.15) is 0 Å². The van der Waals surface area contributed by atoms with E-state index in [0.717, 1.165) is 36.9 Å². The summed E-state index contributed by atoms with van der Waals surface area (Å²) in [6.45, 7) is 8.32. The van der Waals surface area contributed by atoms with Crippen LogP contribution in [-0.2, 0) is 4.74 Å². The largest absolute Gasteiger partial charge is 0.474 e. The van der Waals surface area contributed by atoms with Gasteiger partial charge in [0.25, 0.3) is 0 Å². The van der Waals surface area contributed by atoms with Crippen LogP contribution in [0.2, 0.25) is 0 Å². The number of ether oxygens (including phenoxy) is 3. The molecule has 2 aromatic heterocycles. The zero-order valence-corrected chi connectivity index (χ0v) is 18.6. The normalized spacial score (nSPS) is 22.5. The quantitative estimate of drug-likeness (QED) is 0.674. The van der Waals surface area contributed by atoms with Crippen molar-refractivity contribution in [1.29, 1.82) is 0 Å². The van der Waals surface area contributed by atoms with Crippen LogP contribution in [-0.4, -0.2) is 50.7 Å². The molecule has 8 heteroatoms. The summed E-state index contributed by atoms with van der Waals surface area (Å²) in [4.78, 5) is 27.3. The summed E-state index contributed by atoms with van der Waals surface area (Å²) in [6.07, 6.45) is 6.49. The number of hydrogen-bond acceptors (Lipinski definition) is 7. The van der Waals surface area contributed by atoms with Gasteiger partial charge in [-0.3, -0.25) is 4.98 Å². The number of carbonyl (C=O) groups is 1. The van der Waals surface area contributed by atoms with E-state index in [4.69, 9.17) is 14.2 Å². The van der Waals surface area contributed by atoms with Gasteiger partial charge in [0.2, 0.25) is 11.8 Å². The lowest BCUT2D eigenvalue weighted by Gasteiger charge is -2.38. The van der Waals surface area contributed by atoms with E-state index in [-0.39, 0.29) is 24.3 Å². The number of rotatable bonds is 6. The Hall–Kier alpha value is -2.90. The lowest BCUT2D eigenvalue weighted by atomic mass is 10.0. The molecule has 2 aliphatic rings. The molecule has 8 nitrogen and oxygen atoms in total. The third-order valence-corrected chi connectivity index (χ3v) is 5.88. The van der Waals surface area contributed by atoms with Gasteiger partial charge in [-0.15, -0.1) is 0 Å². The molecule has 166 valence electrons. The Morgan fingerprint density at radius 1 is 1.13 bits per heavy atom. The summed E-state index contributed by atoms with van der Waals surface area (Å²) in [6, 6.07) is 3.99. The molecule has 2 bridgehead atoms. The standard InChI is InChI=1S/C23H30N4O4/c1-14(2)12-29-23(28)27-17-7-8-18(27)11-19(10-17)30-21-15(3)22(26-13-25-21)31-20-6-5-9-24-16(20)4/h5-6,9,13-14,17-19H,7-8,10-12H2,1-4H3/t17-,18?,19?/m0/s1. The van der Waals surface area contributed by atoms with Gasteiger partial charge in [-0.25, -0.2) is 14.8 Å². The molecule has 1 amide bonds. The van der Waals surface area contributed by atoms with Crippen LogP contribution in [0.4, 0.5) is 4.79 Å². The third kappa shape index (κ3) is 4.73. The number of fused-ring (bicyclic) bond motifs is 2. The fraction of sp³-hybridized carbons (Fsp3) is 0.565. The maximum atomic E-state index is 12.5. The van der Waals surface area contributed by atoms with E-state index in [0.29, 0.717) is 30.0 Å². The number of piperidine rings is 1. The number of nitrogens with zero attached hydrogens (tertiary/aromatic N) is 4. The predicted octanol–water partition coefficient (Wildman–Crippen LogP) is 4.45. The number of amides is 1. The van der Waals surface area contributed by atoms with Crippen LogP contribution in [0, 0.1) is 19.8 Å². The molecule has 2 fully saturated rings. The molecule has 0 radical (unpaired) electrons. The van der Waals surface area contributed by atoms with Gasteiger partial charge in [-0.05, 0) is 44.7 Å². The van der Waals surface area contributed by atoms with E-state index in [1.54, 1.807) is 6.20 Å². The Balaban J connectivity index is 1.42. The van der Waals surface area contributed by atoms with Gasteiger partial charge in [0.15, 0.2) is 5.75 Å². The van der Waals surface area contributed by atoms with Gasteiger partial charge in [-0.1, -0.05) is 13.8 Å². The van der Waals surface area contributed by atoms with E-state index >= 15 is 0 Å². The minimum Gasteiger partial charge on any atom is -0.474 e. The average molecular weight is 427 g/mol. The van der Waals surface area contributed by atoms with E-state index < -0.39 is 0 Å². The van der Waals surface area contributed by atoms with Crippen molar-refractivity contribution in [1.82, 2.24) is 19.9 Å². The maximum absolute atomic E-state index is 12.5. The van der Waals surface area contributed by atoms with E-state index in [2.05, 4.69) is 15.0 Å². The summed E-state index contributed by atoms with van der Waals surface area (Å²) in [5, 5.41) is 0. The van der Waals surface area contributed by atoms with Crippen molar-refractivity contribution in [2.24, 2.45) is 5.92 Å². The second-order valence-corrected chi connectivity index (χ2v) is 8.77. The van der Waals surface area contributed by atoms with Gasteiger partial charge in [0.1, 0.15) is 12.4 Å². The van der Waals surface area contributed by atoms with Crippen LogP contribution in [0.1, 0.15) is 50.8 Å². The minimum absolute atomic E-state index is 0.00627. The van der Waals surface area contributed by atoms with Crippen molar-refractivity contribution in [3.63, 3.8) is 0 Å². The molecule has 0 aliphatic carbocycles. The van der Waals surface area contributed by atoms with Crippen LogP contribution in [0.5, 0.6) is 17.5 Å². The van der Waals surface area contributed by atoms with Crippen LogP contribution < -0.4 is 9.47 Å². The van der Waals surface area contributed by atoms with Crippen molar-refractivity contribution >= 4 is 6.09 Å². The monoisotopic (exact) mass is 426 g/mol. The highest BCUT2D eigenvalue weighted by Crippen LogP contribution is 2.38. The molecule has 0 spiro atoms. The van der Waals surface area contributed by atoms with Crippen LogP contribution in [0.3, 0.4) is 0 Å². The van der Waals surface area contributed by atoms with Crippen molar-refractivity contribution in [2.45, 2.75) is 71.6 Å². The van der Waals surface area contributed by atoms with Crippen LogP contribution in [0.25, 0.3) is 0 Å². The highest BCUT2D eigenvalue weighted by molar-refractivity contribution is 5.69. The van der Waals surface area contributed by atoms with Crippen molar-refractivity contribution in [3.8, 4) is 17.5 Å². The van der Waals surface area contributed by atoms with Gasteiger partial charge < -0.3 is 19.1 Å². The average Bonchev–Trinajstić information content (AvgIpc) is 3.01. The molecule has 0 N–H and O–H groups in total. The van der Waals surface area contributed by atoms with Gasteiger partial charge in [0, 0.05) is 31.1 Å². The summed E-state index contributed by atoms with van der Waals surface area (Å²) in [5.41, 5.74) is 1.54. The van der Waals surface area contributed by atoms with Gasteiger partial charge in [0.05, 0.1) is 17.9 Å². The number of carbonyl (C=O) groups excluding carboxylic acids is 1. The topological polar surface area (TPSA) is 86.7 Å². The van der Waals surface area contributed by atoms with Crippen LogP contribution in [0.15, 0.2) is 24.7 Å². The Morgan fingerprint density at radius 2 is 1.84 bits per heavy atom.